The normalized spacial score (nSPS) is 17.8. The van der Waals surface area contributed by atoms with Gasteiger partial charge in [0.1, 0.15) is 0 Å². The number of ether oxygens (including phenoxy) is 1. The fourth-order valence-corrected chi connectivity index (χ4v) is 2.92. The molecule has 1 aromatic carbocycles. The highest BCUT2D eigenvalue weighted by Gasteiger charge is 2.30. The molecule has 6 nitrogen and oxygen atoms in total. The molecule has 112 valence electrons. The molecule has 0 saturated carbocycles. The number of hydrogen-bond acceptors (Lipinski definition) is 5. The third-order valence-electron chi connectivity index (χ3n) is 4.03. The summed E-state index contributed by atoms with van der Waals surface area (Å²) in [6.07, 6.45) is 1.98. The van der Waals surface area contributed by atoms with E-state index < -0.39 is 0 Å². The lowest BCUT2D eigenvalue weighted by Gasteiger charge is -2.33. The first-order valence-electron chi connectivity index (χ1n) is 6.97. The van der Waals surface area contributed by atoms with Crippen LogP contribution in [0.25, 0.3) is 11.4 Å². The van der Waals surface area contributed by atoms with E-state index in [0.717, 1.165) is 32.6 Å². The molecule has 0 spiro atoms. The molecule has 7 heteroatoms. The van der Waals surface area contributed by atoms with Gasteiger partial charge in [-0.15, -0.1) is 5.10 Å². The zero-order valence-electron chi connectivity index (χ0n) is 11.9. The van der Waals surface area contributed by atoms with Crippen molar-refractivity contribution in [3.8, 4) is 11.4 Å². The maximum atomic E-state index is 6.26. The number of rotatable bonds is 3. The Labute approximate surface area is 128 Å². The topological polar surface area (TPSA) is 78.9 Å². The molecule has 2 aromatic rings. The summed E-state index contributed by atoms with van der Waals surface area (Å²) < 4.78 is 7.23. The number of nitrogens with zero attached hydrogens (tertiary/aromatic N) is 4. The van der Waals surface area contributed by atoms with Gasteiger partial charge in [-0.2, -0.15) is 0 Å². The van der Waals surface area contributed by atoms with Crippen LogP contribution in [0.3, 0.4) is 0 Å². The quantitative estimate of drug-likeness (QED) is 0.881. The molecule has 0 atom stereocenters. The molecule has 3 rings (SSSR count). The van der Waals surface area contributed by atoms with Gasteiger partial charge in [-0.3, -0.25) is 0 Å². The summed E-state index contributed by atoms with van der Waals surface area (Å²) in [5.41, 5.74) is 7.43. The molecule has 0 unspecified atom stereocenters. The fraction of sp³-hybridized carbons (Fsp3) is 0.500. The minimum atomic E-state index is 0.123. The zero-order valence-corrected chi connectivity index (χ0v) is 12.7. The zero-order chi connectivity index (χ0) is 14.9. The molecule has 0 radical (unpaired) electrons. The number of nitrogen functional groups attached to an aromatic ring is 1. The lowest BCUT2D eigenvalue weighted by atomic mass is 9.82. The van der Waals surface area contributed by atoms with Crippen molar-refractivity contribution < 1.29 is 4.74 Å². The van der Waals surface area contributed by atoms with E-state index in [9.17, 15) is 0 Å². The van der Waals surface area contributed by atoms with Crippen LogP contribution in [0.4, 0.5) is 5.69 Å². The predicted octanol–water partition coefficient (Wildman–Crippen LogP) is 2.39. The van der Waals surface area contributed by atoms with E-state index in [2.05, 4.69) is 22.4 Å². The highest BCUT2D eigenvalue weighted by Crippen LogP contribution is 2.35. The van der Waals surface area contributed by atoms with E-state index in [1.165, 1.54) is 0 Å². The van der Waals surface area contributed by atoms with Gasteiger partial charge in [0.05, 0.1) is 17.1 Å². The molecule has 0 bridgehead atoms. The van der Waals surface area contributed by atoms with Gasteiger partial charge in [0.25, 0.3) is 0 Å². The molecular formula is C14H18ClN5O. The van der Waals surface area contributed by atoms with Crippen molar-refractivity contribution in [2.75, 3.05) is 18.9 Å². The first-order valence-corrected chi connectivity index (χ1v) is 7.35. The minimum absolute atomic E-state index is 0.123. The number of benzene rings is 1. The standard InChI is InChI=1S/C14H18ClN5O/c1-14(5-7-21-8-6-14)9-20-13(17-18-19-20)12-10(15)3-2-4-11(12)16/h2-4H,5-9,16H2,1H3. The summed E-state index contributed by atoms with van der Waals surface area (Å²) in [6, 6.07) is 5.41. The first kappa shape index (κ1) is 14.3. The van der Waals surface area contributed by atoms with Crippen LogP contribution in [0, 0.1) is 5.41 Å². The Morgan fingerprint density at radius 3 is 2.86 bits per heavy atom. The summed E-state index contributed by atoms with van der Waals surface area (Å²) >= 11 is 6.26. The van der Waals surface area contributed by atoms with Crippen LogP contribution in [-0.4, -0.2) is 33.4 Å². The van der Waals surface area contributed by atoms with Crippen molar-refractivity contribution in [2.24, 2.45) is 5.41 Å². The monoisotopic (exact) mass is 307 g/mol. The molecule has 21 heavy (non-hydrogen) atoms. The Morgan fingerprint density at radius 2 is 2.14 bits per heavy atom. The second kappa shape index (κ2) is 5.61. The van der Waals surface area contributed by atoms with Crippen LogP contribution in [0.5, 0.6) is 0 Å². The molecular weight excluding hydrogens is 290 g/mol. The van der Waals surface area contributed by atoms with Gasteiger partial charge in [0.15, 0.2) is 5.82 Å². The van der Waals surface area contributed by atoms with E-state index in [-0.39, 0.29) is 5.41 Å². The Bertz CT molecular complexity index is 616. The summed E-state index contributed by atoms with van der Waals surface area (Å²) in [4.78, 5) is 0. The van der Waals surface area contributed by atoms with Crippen LogP contribution in [-0.2, 0) is 11.3 Å². The number of nitrogens with two attached hydrogens (primary N) is 1. The third-order valence-corrected chi connectivity index (χ3v) is 4.35. The summed E-state index contributed by atoms with van der Waals surface area (Å²) in [5.74, 6) is 0.616. The maximum absolute atomic E-state index is 6.26. The number of anilines is 1. The van der Waals surface area contributed by atoms with E-state index in [1.807, 2.05) is 6.07 Å². The maximum Gasteiger partial charge on any atom is 0.185 e. The smallest absolute Gasteiger partial charge is 0.185 e. The average Bonchev–Trinajstić information content (AvgIpc) is 2.87. The molecule has 0 aliphatic carbocycles. The minimum Gasteiger partial charge on any atom is -0.398 e. The summed E-state index contributed by atoms with van der Waals surface area (Å²) in [6.45, 7) is 4.52. The van der Waals surface area contributed by atoms with Crippen molar-refractivity contribution in [3.05, 3.63) is 23.2 Å². The molecule has 1 aromatic heterocycles. The van der Waals surface area contributed by atoms with Gasteiger partial charge in [0, 0.05) is 18.9 Å². The van der Waals surface area contributed by atoms with E-state index >= 15 is 0 Å². The van der Waals surface area contributed by atoms with Crippen molar-refractivity contribution in [3.63, 3.8) is 0 Å². The van der Waals surface area contributed by atoms with Gasteiger partial charge >= 0.3 is 0 Å². The number of halogens is 1. The van der Waals surface area contributed by atoms with Crippen molar-refractivity contribution in [1.29, 1.82) is 0 Å². The SMILES string of the molecule is CC1(Cn2nnnc2-c2c(N)cccc2Cl)CCOCC1. The Balaban J connectivity index is 1.94. The second-order valence-corrected chi connectivity index (χ2v) is 6.19. The van der Waals surface area contributed by atoms with Gasteiger partial charge in [-0.25, -0.2) is 4.68 Å². The molecule has 1 aliphatic heterocycles. The number of hydrogen-bond donors (Lipinski definition) is 1. The molecule has 1 fully saturated rings. The van der Waals surface area contributed by atoms with Crippen LogP contribution in [0.1, 0.15) is 19.8 Å². The Morgan fingerprint density at radius 1 is 1.38 bits per heavy atom. The van der Waals surface area contributed by atoms with Crippen molar-refractivity contribution in [1.82, 2.24) is 20.2 Å². The van der Waals surface area contributed by atoms with Crippen LogP contribution in [0.15, 0.2) is 18.2 Å². The van der Waals surface area contributed by atoms with Gasteiger partial charge in [-0.1, -0.05) is 24.6 Å². The molecule has 2 N–H and O–H groups in total. The highest BCUT2D eigenvalue weighted by molar-refractivity contribution is 6.33. The Kier molecular flexibility index (Phi) is 3.82. The van der Waals surface area contributed by atoms with Crippen LogP contribution >= 0.6 is 11.6 Å². The molecule has 2 heterocycles. The van der Waals surface area contributed by atoms with Gasteiger partial charge in [0.2, 0.25) is 0 Å². The highest BCUT2D eigenvalue weighted by atomic mass is 35.5. The van der Waals surface area contributed by atoms with Crippen molar-refractivity contribution in [2.45, 2.75) is 26.3 Å². The van der Waals surface area contributed by atoms with Crippen molar-refractivity contribution >= 4 is 17.3 Å². The van der Waals surface area contributed by atoms with Gasteiger partial charge < -0.3 is 10.5 Å². The number of tetrazole rings is 1. The van der Waals surface area contributed by atoms with E-state index in [4.69, 9.17) is 22.1 Å². The lowest BCUT2D eigenvalue weighted by Crippen LogP contribution is -2.31. The van der Waals surface area contributed by atoms with E-state index in [1.54, 1.807) is 16.8 Å². The summed E-state index contributed by atoms with van der Waals surface area (Å²) in [5, 5.41) is 12.6. The molecule has 1 aliphatic rings. The largest absolute Gasteiger partial charge is 0.398 e. The Hall–Kier alpha value is -1.66. The molecule has 1 saturated heterocycles. The third kappa shape index (κ3) is 2.87. The summed E-state index contributed by atoms with van der Waals surface area (Å²) in [7, 11) is 0. The first-order chi connectivity index (χ1) is 10.1. The number of aromatic nitrogens is 4. The fourth-order valence-electron chi connectivity index (χ4n) is 2.65. The van der Waals surface area contributed by atoms with Crippen LogP contribution < -0.4 is 5.73 Å². The molecule has 0 amide bonds. The lowest BCUT2D eigenvalue weighted by molar-refractivity contribution is 0.0138. The predicted molar refractivity (Wildman–Crippen MR) is 80.8 cm³/mol. The second-order valence-electron chi connectivity index (χ2n) is 5.79. The van der Waals surface area contributed by atoms with Crippen LogP contribution in [0.2, 0.25) is 5.02 Å². The van der Waals surface area contributed by atoms with Gasteiger partial charge in [-0.05, 0) is 40.8 Å². The average molecular weight is 308 g/mol. The van der Waals surface area contributed by atoms with E-state index in [0.29, 0.717) is 22.1 Å².